The van der Waals surface area contributed by atoms with Gasteiger partial charge in [0.25, 0.3) is 0 Å². The Hall–Kier alpha value is -1.69. The first kappa shape index (κ1) is 13.3. The molecule has 0 bridgehead atoms. The van der Waals surface area contributed by atoms with E-state index in [0.717, 1.165) is 0 Å². The number of hydrogen-bond acceptors (Lipinski definition) is 4. The van der Waals surface area contributed by atoms with Crippen LogP contribution in [0.1, 0.15) is 32.1 Å². The van der Waals surface area contributed by atoms with E-state index in [2.05, 4.69) is 15.4 Å². The van der Waals surface area contributed by atoms with E-state index in [1.807, 2.05) is 0 Å². The molecule has 0 aliphatic heterocycles. The zero-order valence-electron chi connectivity index (χ0n) is 11.4. The number of nitrogens with one attached hydrogen (secondary N) is 1. The van der Waals surface area contributed by atoms with Gasteiger partial charge in [0.05, 0.1) is 6.20 Å². The second-order valence-corrected chi connectivity index (χ2v) is 5.47. The molecule has 1 unspecified atom stereocenters. The number of hydrogen-bond donors (Lipinski definition) is 2. The predicted molar refractivity (Wildman–Crippen MR) is 76.0 cm³/mol. The highest BCUT2D eigenvalue weighted by Gasteiger charge is 2.23. The molecule has 2 heterocycles. The fourth-order valence-electron chi connectivity index (χ4n) is 2.99. The van der Waals surface area contributed by atoms with Gasteiger partial charge in [0, 0.05) is 12.6 Å². The van der Waals surface area contributed by atoms with Crippen LogP contribution in [0.25, 0.3) is 5.65 Å². The molecule has 2 aromatic rings. The molecule has 3 rings (SSSR count). The molecule has 3 N–H and O–H groups in total. The molecule has 0 amide bonds. The van der Waals surface area contributed by atoms with Gasteiger partial charge in [0.15, 0.2) is 5.65 Å². The number of anilines is 1. The highest BCUT2D eigenvalue weighted by atomic mass is 19.1. The summed E-state index contributed by atoms with van der Waals surface area (Å²) in [7, 11) is 0. The van der Waals surface area contributed by atoms with Gasteiger partial charge in [-0.25, -0.2) is 8.91 Å². The summed E-state index contributed by atoms with van der Waals surface area (Å²) >= 11 is 0. The summed E-state index contributed by atoms with van der Waals surface area (Å²) < 4.78 is 14.6. The molecule has 1 fully saturated rings. The lowest BCUT2D eigenvalue weighted by atomic mass is 9.84. The molecule has 1 aliphatic carbocycles. The SMILES string of the molecule is NCC(Nc1nc2ccc(F)cn2n1)C1CCCCC1. The van der Waals surface area contributed by atoms with Gasteiger partial charge in [-0.15, -0.1) is 5.10 Å². The van der Waals surface area contributed by atoms with Gasteiger partial charge in [0.1, 0.15) is 5.82 Å². The molecule has 0 radical (unpaired) electrons. The number of fused-ring (bicyclic) bond motifs is 1. The van der Waals surface area contributed by atoms with E-state index in [4.69, 9.17) is 5.73 Å². The maximum atomic E-state index is 13.1. The summed E-state index contributed by atoms with van der Waals surface area (Å²) in [6.07, 6.45) is 7.60. The van der Waals surface area contributed by atoms with Crippen molar-refractivity contribution < 1.29 is 4.39 Å². The lowest BCUT2D eigenvalue weighted by Gasteiger charge is -2.29. The maximum absolute atomic E-state index is 13.1. The number of aromatic nitrogens is 3. The van der Waals surface area contributed by atoms with Crippen LogP contribution in [-0.2, 0) is 0 Å². The van der Waals surface area contributed by atoms with Crippen LogP contribution < -0.4 is 11.1 Å². The van der Waals surface area contributed by atoms with E-state index in [9.17, 15) is 4.39 Å². The number of pyridine rings is 1. The van der Waals surface area contributed by atoms with Crippen LogP contribution in [0.2, 0.25) is 0 Å². The largest absolute Gasteiger partial charge is 0.349 e. The zero-order chi connectivity index (χ0) is 13.9. The van der Waals surface area contributed by atoms with Crippen molar-refractivity contribution in [2.24, 2.45) is 11.7 Å². The van der Waals surface area contributed by atoms with Crippen LogP contribution in [0.5, 0.6) is 0 Å². The van der Waals surface area contributed by atoms with Gasteiger partial charge >= 0.3 is 0 Å². The average molecular weight is 277 g/mol. The zero-order valence-corrected chi connectivity index (χ0v) is 11.4. The average Bonchev–Trinajstić information content (AvgIpc) is 2.87. The van der Waals surface area contributed by atoms with E-state index in [1.165, 1.54) is 48.9 Å². The second-order valence-electron chi connectivity index (χ2n) is 5.47. The Labute approximate surface area is 117 Å². The molecule has 108 valence electrons. The van der Waals surface area contributed by atoms with Gasteiger partial charge in [-0.1, -0.05) is 19.3 Å². The Morgan fingerprint density at radius 3 is 2.90 bits per heavy atom. The van der Waals surface area contributed by atoms with Crippen LogP contribution in [0, 0.1) is 11.7 Å². The summed E-state index contributed by atoms with van der Waals surface area (Å²) in [5.74, 6) is 0.783. The molecule has 0 aromatic carbocycles. The first-order valence-corrected chi connectivity index (χ1v) is 7.25. The topological polar surface area (TPSA) is 68.2 Å². The number of nitrogens with two attached hydrogens (primary N) is 1. The lowest BCUT2D eigenvalue weighted by Crippen LogP contribution is -2.37. The molecule has 20 heavy (non-hydrogen) atoms. The molecule has 2 aromatic heterocycles. The van der Waals surface area contributed by atoms with E-state index >= 15 is 0 Å². The lowest BCUT2D eigenvalue weighted by molar-refractivity contribution is 0.320. The monoisotopic (exact) mass is 277 g/mol. The predicted octanol–water partition coefficient (Wildman–Crippen LogP) is 2.19. The third-order valence-corrected chi connectivity index (χ3v) is 4.08. The number of rotatable bonds is 4. The maximum Gasteiger partial charge on any atom is 0.243 e. The quantitative estimate of drug-likeness (QED) is 0.899. The van der Waals surface area contributed by atoms with E-state index < -0.39 is 0 Å². The Kier molecular flexibility index (Phi) is 3.82. The Balaban J connectivity index is 1.76. The Morgan fingerprint density at radius 1 is 1.35 bits per heavy atom. The van der Waals surface area contributed by atoms with Crippen LogP contribution in [-0.4, -0.2) is 27.2 Å². The van der Waals surface area contributed by atoms with Gasteiger partial charge in [-0.2, -0.15) is 4.98 Å². The molecule has 1 saturated carbocycles. The van der Waals surface area contributed by atoms with E-state index in [1.54, 1.807) is 6.07 Å². The normalized spacial score (nSPS) is 18.3. The van der Waals surface area contributed by atoms with Crippen LogP contribution in [0.15, 0.2) is 18.3 Å². The summed E-state index contributed by atoms with van der Waals surface area (Å²) in [4.78, 5) is 4.35. The number of halogens is 1. The minimum absolute atomic E-state index is 0.192. The number of nitrogens with zero attached hydrogens (tertiary/aromatic N) is 3. The van der Waals surface area contributed by atoms with Crippen molar-refractivity contribution in [3.8, 4) is 0 Å². The smallest absolute Gasteiger partial charge is 0.243 e. The Bertz CT molecular complexity index is 576. The van der Waals surface area contributed by atoms with Crippen LogP contribution >= 0.6 is 0 Å². The second kappa shape index (κ2) is 5.75. The van der Waals surface area contributed by atoms with Gasteiger partial charge < -0.3 is 11.1 Å². The molecule has 1 atom stereocenters. The molecule has 0 saturated heterocycles. The Morgan fingerprint density at radius 2 is 2.15 bits per heavy atom. The summed E-state index contributed by atoms with van der Waals surface area (Å²) in [6.45, 7) is 0.564. The van der Waals surface area contributed by atoms with Gasteiger partial charge in [-0.05, 0) is 30.9 Å². The van der Waals surface area contributed by atoms with Crippen molar-refractivity contribution in [2.45, 2.75) is 38.1 Å². The van der Waals surface area contributed by atoms with E-state index in [-0.39, 0.29) is 11.9 Å². The molecule has 1 aliphatic rings. The fraction of sp³-hybridized carbons (Fsp3) is 0.571. The molecular weight excluding hydrogens is 257 g/mol. The van der Waals surface area contributed by atoms with Crippen LogP contribution in [0.3, 0.4) is 0 Å². The van der Waals surface area contributed by atoms with Gasteiger partial charge in [-0.3, -0.25) is 0 Å². The summed E-state index contributed by atoms with van der Waals surface area (Å²) in [5.41, 5.74) is 6.52. The third kappa shape index (κ3) is 2.75. The van der Waals surface area contributed by atoms with Crippen molar-refractivity contribution in [1.82, 2.24) is 14.6 Å². The third-order valence-electron chi connectivity index (χ3n) is 4.08. The molecule has 5 nitrogen and oxygen atoms in total. The minimum atomic E-state index is -0.323. The van der Waals surface area contributed by atoms with Crippen molar-refractivity contribution in [3.05, 3.63) is 24.1 Å². The minimum Gasteiger partial charge on any atom is -0.349 e. The molecule has 6 heteroatoms. The van der Waals surface area contributed by atoms with Crippen molar-refractivity contribution in [3.63, 3.8) is 0 Å². The summed E-state index contributed by atoms with van der Waals surface area (Å²) in [6, 6.07) is 3.19. The standard InChI is InChI=1S/C14H20FN5/c15-11-6-7-13-18-14(19-20(13)9-11)17-12(8-16)10-4-2-1-3-5-10/h6-7,9-10,12H,1-5,8,16H2,(H,17,19). The molecule has 0 spiro atoms. The fourth-order valence-corrected chi connectivity index (χ4v) is 2.99. The van der Waals surface area contributed by atoms with E-state index in [0.29, 0.717) is 24.1 Å². The van der Waals surface area contributed by atoms with Crippen molar-refractivity contribution >= 4 is 11.6 Å². The first-order chi connectivity index (χ1) is 9.76. The molecular formula is C14H20FN5. The highest BCUT2D eigenvalue weighted by Crippen LogP contribution is 2.27. The highest BCUT2D eigenvalue weighted by molar-refractivity contribution is 5.43. The van der Waals surface area contributed by atoms with Crippen molar-refractivity contribution in [1.29, 1.82) is 0 Å². The van der Waals surface area contributed by atoms with Crippen molar-refractivity contribution in [2.75, 3.05) is 11.9 Å². The first-order valence-electron chi connectivity index (χ1n) is 7.25. The van der Waals surface area contributed by atoms with Gasteiger partial charge in [0.2, 0.25) is 5.95 Å². The summed E-state index contributed by atoms with van der Waals surface area (Å²) in [5, 5.41) is 7.57. The van der Waals surface area contributed by atoms with Crippen LogP contribution in [0.4, 0.5) is 10.3 Å².